The number of nitrogens with two attached hydrogens (primary N) is 1. The van der Waals surface area contributed by atoms with Crippen molar-refractivity contribution in [3.8, 4) is 0 Å². The van der Waals surface area contributed by atoms with Crippen LogP contribution < -0.4 is 11.1 Å². The molecule has 0 saturated heterocycles. The van der Waals surface area contributed by atoms with Gasteiger partial charge in [0.2, 0.25) is 0 Å². The van der Waals surface area contributed by atoms with Crippen molar-refractivity contribution in [3.63, 3.8) is 0 Å². The van der Waals surface area contributed by atoms with Gasteiger partial charge in [0.25, 0.3) is 0 Å². The van der Waals surface area contributed by atoms with E-state index in [2.05, 4.69) is 47.2 Å². The van der Waals surface area contributed by atoms with E-state index in [0.717, 1.165) is 18.5 Å². The van der Waals surface area contributed by atoms with E-state index in [-0.39, 0.29) is 0 Å². The van der Waals surface area contributed by atoms with Crippen molar-refractivity contribution in [2.24, 2.45) is 10.7 Å². The van der Waals surface area contributed by atoms with Crippen LogP contribution in [0.2, 0.25) is 0 Å². The molecule has 1 aromatic heterocycles. The van der Waals surface area contributed by atoms with Crippen LogP contribution in [0, 0.1) is 0 Å². The van der Waals surface area contributed by atoms with E-state index in [4.69, 9.17) is 5.73 Å². The number of nitrogens with zero attached hydrogens (tertiary/aromatic N) is 1. The first-order valence-electron chi connectivity index (χ1n) is 6.31. The van der Waals surface area contributed by atoms with Crippen LogP contribution >= 0.6 is 11.3 Å². The predicted octanol–water partition coefficient (Wildman–Crippen LogP) is 2.92. The maximum atomic E-state index is 5.76. The van der Waals surface area contributed by atoms with Gasteiger partial charge in [-0.3, -0.25) is 0 Å². The van der Waals surface area contributed by atoms with Gasteiger partial charge >= 0.3 is 0 Å². The van der Waals surface area contributed by atoms with E-state index in [9.17, 15) is 0 Å². The first-order valence-corrected chi connectivity index (χ1v) is 7.12. The largest absolute Gasteiger partial charge is 0.370 e. The molecule has 0 amide bonds. The highest BCUT2D eigenvalue weighted by Crippen LogP contribution is 2.25. The van der Waals surface area contributed by atoms with Gasteiger partial charge in [-0.2, -0.15) is 0 Å². The number of benzene rings is 1. The van der Waals surface area contributed by atoms with Gasteiger partial charge in [-0.05, 0) is 30.9 Å². The number of aliphatic imine (C=N–C) groups is 1. The van der Waals surface area contributed by atoms with Crippen molar-refractivity contribution in [2.75, 3.05) is 13.1 Å². The minimum Gasteiger partial charge on any atom is -0.370 e. The summed E-state index contributed by atoms with van der Waals surface area (Å²) >= 11 is 1.83. The molecule has 1 heterocycles. The first kappa shape index (κ1) is 13.6. The quantitative estimate of drug-likeness (QED) is 0.500. The number of thiophene rings is 1. The third-order valence-electron chi connectivity index (χ3n) is 2.67. The molecule has 0 fully saturated rings. The predicted molar refractivity (Wildman–Crippen MR) is 84.8 cm³/mol. The fraction of sp³-hybridized carbons (Fsp3) is 0.267. The molecule has 3 nitrogen and oxygen atoms in total. The maximum absolute atomic E-state index is 5.76. The van der Waals surface area contributed by atoms with Crippen LogP contribution in [0.25, 0.3) is 10.1 Å². The molecule has 0 bridgehead atoms. The highest BCUT2D eigenvalue weighted by atomic mass is 32.1. The second-order valence-corrected chi connectivity index (χ2v) is 5.75. The lowest BCUT2D eigenvalue weighted by molar-refractivity contribution is 0.862. The molecule has 0 atom stereocenters. The van der Waals surface area contributed by atoms with Crippen LogP contribution in [0.1, 0.15) is 11.8 Å². The molecule has 0 spiro atoms. The topological polar surface area (TPSA) is 50.4 Å². The Labute approximate surface area is 117 Å². The molecular formula is C15H19N3S. The molecule has 3 N–H and O–H groups in total. The van der Waals surface area contributed by atoms with Gasteiger partial charge in [-0.25, -0.2) is 4.99 Å². The number of guanidine groups is 1. The van der Waals surface area contributed by atoms with E-state index < -0.39 is 0 Å². The smallest absolute Gasteiger partial charge is 0.188 e. The van der Waals surface area contributed by atoms with Crippen molar-refractivity contribution in [1.29, 1.82) is 0 Å². The molecule has 0 aliphatic rings. The van der Waals surface area contributed by atoms with Crippen LogP contribution in [0.5, 0.6) is 0 Å². The number of hydrogen-bond acceptors (Lipinski definition) is 2. The minimum absolute atomic E-state index is 0.490. The van der Waals surface area contributed by atoms with Gasteiger partial charge in [0.1, 0.15) is 0 Å². The molecule has 0 unspecified atom stereocenters. The van der Waals surface area contributed by atoms with Crippen LogP contribution in [-0.4, -0.2) is 19.0 Å². The lowest BCUT2D eigenvalue weighted by Gasteiger charge is -2.04. The van der Waals surface area contributed by atoms with Crippen molar-refractivity contribution in [1.82, 2.24) is 5.32 Å². The van der Waals surface area contributed by atoms with Gasteiger partial charge in [-0.15, -0.1) is 11.3 Å². The fourth-order valence-corrected chi connectivity index (χ4v) is 2.81. The van der Waals surface area contributed by atoms with Gasteiger partial charge in [0, 0.05) is 16.1 Å². The van der Waals surface area contributed by atoms with E-state index in [1.54, 1.807) is 0 Å². The van der Waals surface area contributed by atoms with Crippen LogP contribution in [0.4, 0.5) is 0 Å². The summed E-state index contributed by atoms with van der Waals surface area (Å²) in [7, 11) is 0. The van der Waals surface area contributed by atoms with Gasteiger partial charge in [-0.1, -0.05) is 30.4 Å². The van der Waals surface area contributed by atoms with Crippen molar-refractivity contribution >= 4 is 27.4 Å². The van der Waals surface area contributed by atoms with Crippen molar-refractivity contribution < 1.29 is 0 Å². The van der Waals surface area contributed by atoms with E-state index in [0.29, 0.717) is 12.5 Å². The molecule has 0 radical (unpaired) electrons. The zero-order chi connectivity index (χ0) is 13.7. The van der Waals surface area contributed by atoms with Crippen LogP contribution in [0.15, 0.2) is 47.5 Å². The number of hydrogen-bond donors (Lipinski definition) is 2. The van der Waals surface area contributed by atoms with Crippen molar-refractivity contribution in [3.05, 3.63) is 47.4 Å². The molecule has 2 aromatic rings. The summed E-state index contributed by atoms with van der Waals surface area (Å²) in [5, 5.41) is 4.44. The fourth-order valence-electron chi connectivity index (χ4n) is 1.75. The molecule has 4 heteroatoms. The highest BCUT2D eigenvalue weighted by Gasteiger charge is 2.01. The second kappa shape index (κ2) is 6.38. The summed E-state index contributed by atoms with van der Waals surface area (Å²) in [5.74, 6) is 0.490. The third kappa shape index (κ3) is 4.10. The second-order valence-electron chi connectivity index (χ2n) is 4.59. The van der Waals surface area contributed by atoms with Gasteiger partial charge in [0.15, 0.2) is 5.96 Å². The van der Waals surface area contributed by atoms with E-state index in [1.807, 2.05) is 18.3 Å². The summed E-state index contributed by atoms with van der Waals surface area (Å²) in [6, 6.07) is 10.7. The van der Waals surface area contributed by atoms with Gasteiger partial charge < -0.3 is 11.1 Å². The Morgan fingerprint density at radius 2 is 2.21 bits per heavy atom. The number of nitrogens with one attached hydrogen (secondary N) is 1. The van der Waals surface area contributed by atoms with Crippen LogP contribution in [0.3, 0.4) is 0 Å². The summed E-state index contributed by atoms with van der Waals surface area (Å²) in [6.07, 6.45) is 0.961. The Morgan fingerprint density at radius 1 is 1.42 bits per heavy atom. The molecule has 2 rings (SSSR count). The minimum atomic E-state index is 0.490. The molecule has 0 aliphatic carbocycles. The molecule has 0 saturated carbocycles. The average molecular weight is 273 g/mol. The molecule has 1 aromatic carbocycles. The van der Waals surface area contributed by atoms with Gasteiger partial charge in [0.05, 0.1) is 6.54 Å². The Morgan fingerprint density at radius 3 is 2.95 bits per heavy atom. The monoisotopic (exact) mass is 273 g/mol. The first-order chi connectivity index (χ1) is 9.15. The van der Waals surface area contributed by atoms with E-state index in [1.165, 1.54) is 15.0 Å². The molecule has 19 heavy (non-hydrogen) atoms. The maximum Gasteiger partial charge on any atom is 0.188 e. The Kier molecular flexibility index (Phi) is 4.58. The Bertz CT molecular complexity index is 565. The Balaban J connectivity index is 1.85. The lowest BCUT2D eigenvalue weighted by atomic mass is 10.2. The number of fused-ring (bicyclic) bond motifs is 1. The molecule has 100 valence electrons. The zero-order valence-electron chi connectivity index (χ0n) is 11.1. The summed E-state index contributed by atoms with van der Waals surface area (Å²) in [6.45, 7) is 7.12. The highest BCUT2D eigenvalue weighted by molar-refractivity contribution is 7.19. The summed E-state index contributed by atoms with van der Waals surface area (Å²) in [5.41, 5.74) is 6.77. The normalized spacial score (nSPS) is 11.7. The third-order valence-corrected chi connectivity index (χ3v) is 3.85. The SMILES string of the molecule is C=C(C)CN=C(N)NCCc1cc2ccccc2s1. The van der Waals surface area contributed by atoms with Crippen molar-refractivity contribution in [2.45, 2.75) is 13.3 Å². The Hall–Kier alpha value is -1.81. The number of rotatable bonds is 5. The van der Waals surface area contributed by atoms with Crippen LogP contribution in [-0.2, 0) is 6.42 Å². The molecular weight excluding hydrogens is 254 g/mol. The van der Waals surface area contributed by atoms with E-state index >= 15 is 0 Å². The average Bonchev–Trinajstić information content (AvgIpc) is 2.79. The summed E-state index contributed by atoms with van der Waals surface area (Å²) < 4.78 is 1.33. The lowest BCUT2D eigenvalue weighted by Crippen LogP contribution is -2.33. The summed E-state index contributed by atoms with van der Waals surface area (Å²) in [4.78, 5) is 5.55. The zero-order valence-corrected chi connectivity index (χ0v) is 12.0. The molecule has 0 aliphatic heterocycles. The standard InChI is InChI=1S/C15H19N3S/c1-11(2)10-18-15(16)17-8-7-13-9-12-5-3-4-6-14(12)19-13/h3-6,9H,1,7-8,10H2,2H3,(H3,16,17,18).